The molecule has 0 aromatic carbocycles. The fraction of sp³-hybridized carbons (Fsp3) is 0.600. The maximum atomic E-state index is 11.8. The lowest BCUT2D eigenvalue weighted by atomic mass is 10.2. The van der Waals surface area contributed by atoms with Crippen LogP contribution < -0.4 is 5.32 Å². The standard InChI is InChI=1S/C10H15IN2O5/c1-12-10(17)13(3-2-4-14)9-7(11)8(16)6(5-15)18-9/h2-4,6-9,15-16H,5H2,1H3,(H,12,17)/b3-2-/t6-,7-,8-,9-/m1/s1/i9D. The van der Waals surface area contributed by atoms with Gasteiger partial charge in [0.25, 0.3) is 0 Å². The minimum Gasteiger partial charge on any atom is -0.394 e. The first-order valence-corrected chi connectivity index (χ1v) is 6.40. The van der Waals surface area contributed by atoms with E-state index in [-0.39, 0.29) is 0 Å². The Balaban J connectivity index is 3.09. The van der Waals surface area contributed by atoms with Crippen molar-refractivity contribution in [2.75, 3.05) is 13.7 Å². The summed E-state index contributed by atoms with van der Waals surface area (Å²) in [4.78, 5) is 23.0. The number of halogens is 1. The third kappa shape index (κ3) is 3.19. The first kappa shape index (κ1) is 13.7. The summed E-state index contributed by atoms with van der Waals surface area (Å²) in [5.41, 5.74) is 0. The molecule has 1 fully saturated rings. The normalized spacial score (nSPS) is 36.4. The monoisotopic (exact) mass is 371 g/mol. The maximum Gasteiger partial charge on any atom is 0.323 e. The van der Waals surface area contributed by atoms with Crippen molar-refractivity contribution in [2.45, 2.75) is 22.3 Å². The molecule has 1 rings (SSSR count). The van der Waals surface area contributed by atoms with Crippen LogP contribution in [0.1, 0.15) is 1.37 Å². The Hall–Kier alpha value is -0.710. The molecule has 0 radical (unpaired) electrons. The number of carbonyl (C=O) groups is 2. The van der Waals surface area contributed by atoms with Crippen LogP contribution in [0.5, 0.6) is 0 Å². The molecule has 2 amide bonds. The van der Waals surface area contributed by atoms with Gasteiger partial charge < -0.3 is 20.3 Å². The highest BCUT2D eigenvalue weighted by atomic mass is 127. The van der Waals surface area contributed by atoms with Crippen LogP contribution in [-0.4, -0.2) is 63.4 Å². The molecule has 0 aliphatic carbocycles. The number of amides is 2. The molecule has 7 nitrogen and oxygen atoms in total. The highest BCUT2D eigenvalue weighted by Crippen LogP contribution is 2.30. The molecule has 8 heteroatoms. The number of ether oxygens (including phenoxy) is 1. The highest BCUT2D eigenvalue weighted by Gasteiger charge is 2.45. The van der Waals surface area contributed by atoms with Gasteiger partial charge in [-0.3, -0.25) is 9.69 Å². The zero-order valence-electron chi connectivity index (χ0n) is 10.6. The predicted molar refractivity (Wildman–Crippen MR) is 71.1 cm³/mol. The summed E-state index contributed by atoms with van der Waals surface area (Å²) in [5.74, 6) is 0. The molecule has 3 N–H and O–H groups in total. The number of carbonyl (C=O) groups excluding carboxylic acids is 2. The van der Waals surface area contributed by atoms with Gasteiger partial charge in [0.2, 0.25) is 0 Å². The quantitative estimate of drug-likeness (QED) is 0.261. The molecule has 4 atom stereocenters. The van der Waals surface area contributed by atoms with Crippen molar-refractivity contribution < 1.29 is 25.9 Å². The molecule has 0 aromatic heterocycles. The van der Waals surface area contributed by atoms with E-state index >= 15 is 0 Å². The Morgan fingerprint density at radius 2 is 2.39 bits per heavy atom. The van der Waals surface area contributed by atoms with Crippen LogP contribution in [0.25, 0.3) is 0 Å². The largest absolute Gasteiger partial charge is 0.394 e. The number of aliphatic hydroxyl groups is 2. The highest BCUT2D eigenvalue weighted by molar-refractivity contribution is 14.1. The number of aldehydes is 1. The average Bonchev–Trinajstić information content (AvgIpc) is 2.63. The smallest absolute Gasteiger partial charge is 0.323 e. The van der Waals surface area contributed by atoms with Crippen LogP contribution in [0.2, 0.25) is 0 Å². The van der Waals surface area contributed by atoms with E-state index in [1.165, 1.54) is 7.05 Å². The maximum absolute atomic E-state index is 11.8. The van der Waals surface area contributed by atoms with Crippen molar-refractivity contribution in [3.05, 3.63) is 12.3 Å². The Labute approximate surface area is 119 Å². The molecule has 0 bridgehead atoms. The molecule has 102 valence electrons. The fourth-order valence-corrected chi connectivity index (χ4v) is 2.35. The third-order valence-electron chi connectivity index (χ3n) is 2.35. The SMILES string of the molecule is [2H][C@@]1(N(/C=C\C=O)C(=O)NC)O[C@H](CO)[C@@H](O)[C@H]1I. The van der Waals surface area contributed by atoms with Gasteiger partial charge in [-0.25, -0.2) is 4.79 Å². The van der Waals surface area contributed by atoms with Crippen LogP contribution in [0.3, 0.4) is 0 Å². The van der Waals surface area contributed by atoms with E-state index in [2.05, 4.69) is 5.32 Å². The van der Waals surface area contributed by atoms with Crippen molar-refractivity contribution >= 4 is 34.9 Å². The zero-order valence-corrected chi connectivity index (χ0v) is 11.8. The van der Waals surface area contributed by atoms with Crippen molar-refractivity contribution in [3.8, 4) is 0 Å². The number of hydrogen-bond acceptors (Lipinski definition) is 5. The summed E-state index contributed by atoms with van der Waals surface area (Å²) in [7, 11) is 1.37. The summed E-state index contributed by atoms with van der Waals surface area (Å²) in [6.45, 7) is -0.472. The number of alkyl halides is 1. The van der Waals surface area contributed by atoms with Crippen molar-refractivity contribution in [2.24, 2.45) is 0 Å². The van der Waals surface area contributed by atoms with Crippen LogP contribution in [-0.2, 0) is 9.53 Å². The number of allylic oxidation sites excluding steroid dienone is 1. The van der Waals surface area contributed by atoms with Gasteiger partial charge in [0.05, 0.1) is 18.0 Å². The topological polar surface area (TPSA) is 99.1 Å². The second kappa shape index (κ2) is 7.02. The number of urea groups is 1. The first-order valence-electron chi connectivity index (χ1n) is 5.66. The van der Waals surface area contributed by atoms with Gasteiger partial charge in [-0.2, -0.15) is 0 Å². The molecular formula is C10H15IN2O5. The lowest BCUT2D eigenvalue weighted by molar-refractivity contribution is -0.104. The van der Waals surface area contributed by atoms with E-state index < -0.39 is 35.0 Å². The molecule has 0 spiro atoms. The molecule has 0 aromatic rings. The summed E-state index contributed by atoms with van der Waals surface area (Å²) in [6.07, 6.45) is -1.38. The molecule has 0 saturated carbocycles. The van der Waals surface area contributed by atoms with Gasteiger partial charge in [0, 0.05) is 13.2 Å². The summed E-state index contributed by atoms with van der Waals surface area (Å²) < 4.78 is 12.7. The number of nitrogens with one attached hydrogen (secondary N) is 1. The summed E-state index contributed by atoms with van der Waals surface area (Å²) >= 11 is 1.77. The predicted octanol–water partition coefficient (Wildman–Crippen LogP) is -0.778. The second-order valence-electron chi connectivity index (χ2n) is 3.47. The third-order valence-corrected chi connectivity index (χ3v) is 3.62. The van der Waals surface area contributed by atoms with Crippen molar-refractivity contribution in [1.82, 2.24) is 10.2 Å². The molecule has 18 heavy (non-hydrogen) atoms. The van der Waals surface area contributed by atoms with Gasteiger partial charge in [-0.1, -0.05) is 22.6 Å². The van der Waals surface area contributed by atoms with Crippen LogP contribution in [0, 0.1) is 0 Å². The summed E-state index contributed by atoms with van der Waals surface area (Å²) in [6, 6.07) is -0.666. The van der Waals surface area contributed by atoms with E-state index in [1.54, 1.807) is 22.6 Å². The number of nitrogens with zero attached hydrogens (tertiary/aromatic N) is 1. The van der Waals surface area contributed by atoms with E-state index in [0.717, 1.165) is 17.2 Å². The molecule has 1 heterocycles. The molecular weight excluding hydrogens is 355 g/mol. The van der Waals surface area contributed by atoms with Crippen LogP contribution >= 0.6 is 22.6 Å². The van der Waals surface area contributed by atoms with Gasteiger partial charge in [-0.05, 0) is 6.08 Å². The van der Waals surface area contributed by atoms with Crippen LogP contribution in [0.15, 0.2) is 12.3 Å². The molecule has 0 unspecified atom stereocenters. The minimum absolute atomic E-state index is 0.455. The van der Waals surface area contributed by atoms with Gasteiger partial charge in [0.15, 0.2) is 6.20 Å². The Kier molecular flexibility index (Phi) is 5.35. The average molecular weight is 371 g/mol. The molecule has 1 aliphatic heterocycles. The molecule has 1 saturated heterocycles. The van der Waals surface area contributed by atoms with E-state index in [1.807, 2.05) is 0 Å². The molecule has 1 aliphatic rings. The minimum atomic E-state index is -1.91. The van der Waals surface area contributed by atoms with Gasteiger partial charge in [-0.15, -0.1) is 0 Å². The zero-order chi connectivity index (χ0) is 14.6. The lowest BCUT2D eigenvalue weighted by Crippen LogP contribution is -2.45. The van der Waals surface area contributed by atoms with E-state index in [4.69, 9.17) is 11.2 Å². The van der Waals surface area contributed by atoms with Crippen LogP contribution in [0.4, 0.5) is 4.79 Å². The Morgan fingerprint density at radius 1 is 1.72 bits per heavy atom. The fourth-order valence-electron chi connectivity index (χ4n) is 1.44. The van der Waals surface area contributed by atoms with E-state index in [0.29, 0.717) is 6.29 Å². The Morgan fingerprint density at radius 3 is 2.83 bits per heavy atom. The van der Waals surface area contributed by atoms with Crippen molar-refractivity contribution in [1.29, 1.82) is 0 Å². The van der Waals surface area contributed by atoms with Gasteiger partial charge >= 0.3 is 6.03 Å². The number of hydrogen-bond donors (Lipinski definition) is 3. The summed E-state index contributed by atoms with van der Waals surface area (Å²) in [5, 5.41) is 21.2. The number of aliphatic hydroxyl groups excluding tert-OH is 2. The number of rotatable bonds is 4. The second-order valence-corrected chi connectivity index (χ2v) is 4.81. The van der Waals surface area contributed by atoms with Crippen molar-refractivity contribution in [3.63, 3.8) is 0 Å². The Bertz CT molecular complexity index is 383. The lowest BCUT2D eigenvalue weighted by Gasteiger charge is -2.26. The first-order chi connectivity index (χ1) is 8.92. The van der Waals surface area contributed by atoms with Gasteiger partial charge in [0.1, 0.15) is 12.4 Å². The van der Waals surface area contributed by atoms with E-state index in [9.17, 15) is 14.7 Å².